The van der Waals surface area contributed by atoms with Gasteiger partial charge in [-0.1, -0.05) is 5.92 Å². The Bertz CT molecular complexity index is 230. The van der Waals surface area contributed by atoms with Crippen molar-refractivity contribution in [3.05, 3.63) is 11.8 Å². The molecule has 1 rings (SSSR count). The number of nitrogens with zero attached hydrogens (tertiary/aromatic N) is 1. The molecule has 0 aromatic heterocycles. The van der Waals surface area contributed by atoms with Crippen molar-refractivity contribution < 1.29 is 0 Å². The zero-order valence-electron chi connectivity index (χ0n) is 6.18. The van der Waals surface area contributed by atoms with E-state index in [9.17, 15) is 0 Å². The molecule has 0 saturated heterocycles. The topological polar surface area (TPSA) is 24.4 Å². The number of amidine groups is 1. The van der Waals surface area contributed by atoms with E-state index in [0.717, 1.165) is 11.4 Å². The standard InChI is InChI=1S/C8H10N2/c1-4-8-6(2)5-9-7(3)10-8/h1,5,8H,2-3H3,(H,9,10). The highest BCUT2D eigenvalue weighted by Gasteiger charge is 2.08. The van der Waals surface area contributed by atoms with Gasteiger partial charge < -0.3 is 5.32 Å². The van der Waals surface area contributed by atoms with E-state index >= 15 is 0 Å². The molecule has 1 heterocycles. The minimum atomic E-state index is -0.0544. The highest BCUT2D eigenvalue weighted by Crippen LogP contribution is 2.07. The van der Waals surface area contributed by atoms with E-state index < -0.39 is 0 Å². The van der Waals surface area contributed by atoms with Gasteiger partial charge in [0, 0.05) is 6.20 Å². The second-order valence-corrected chi connectivity index (χ2v) is 2.32. The Morgan fingerprint density at radius 2 is 2.40 bits per heavy atom. The Kier molecular flexibility index (Phi) is 1.77. The van der Waals surface area contributed by atoms with Gasteiger partial charge in [0.15, 0.2) is 0 Å². The molecular formula is C8H10N2. The van der Waals surface area contributed by atoms with Gasteiger partial charge in [-0.25, -0.2) is 0 Å². The summed E-state index contributed by atoms with van der Waals surface area (Å²) < 4.78 is 0. The van der Waals surface area contributed by atoms with Crippen molar-refractivity contribution in [1.29, 1.82) is 0 Å². The fraction of sp³-hybridized carbons (Fsp3) is 0.375. The van der Waals surface area contributed by atoms with Crippen LogP contribution in [0, 0.1) is 12.3 Å². The molecule has 1 N–H and O–H groups in total. The van der Waals surface area contributed by atoms with Crippen LogP contribution in [0.25, 0.3) is 0 Å². The third-order valence-electron chi connectivity index (χ3n) is 1.42. The smallest absolute Gasteiger partial charge is 0.134 e. The van der Waals surface area contributed by atoms with E-state index in [1.54, 1.807) is 0 Å². The first-order chi connectivity index (χ1) is 4.74. The summed E-state index contributed by atoms with van der Waals surface area (Å²) in [5.74, 6) is 3.47. The summed E-state index contributed by atoms with van der Waals surface area (Å²) in [6.07, 6.45) is 7.13. The van der Waals surface area contributed by atoms with Gasteiger partial charge in [0.1, 0.15) is 6.04 Å². The van der Waals surface area contributed by atoms with Crippen LogP contribution < -0.4 is 5.32 Å². The third kappa shape index (κ3) is 1.19. The molecule has 52 valence electrons. The quantitative estimate of drug-likeness (QED) is 0.489. The van der Waals surface area contributed by atoms with Crippen LogP contribution in [-0.4, -0.2) is 11.9 Å². The Hall–Kier alpha value is -1.23. The number of rotatable bonds is 0. The van der Waals surface area contributed by atoms with Crippen LogP contribution >= 0.6 is 0 Å². The molecule has 0 saturated carbocycles. The molecule has 2 nitrogen and oxygen atoms in total. The van der Waals surface area contributed by atoms with Gasteiger partial charge in [-0.2, -0.15) is 0 Å². The van der Waals surface area contributed by atoms with E-state index in [1.807, 2.05) is 20.0 Å². The van der Waals surface area contributed by atoms with Crippen molar-refractivity contribution in [2.75, 3.05) is 0 Å². The molecule has 2 heteroatoms. The third-order valence-corrected chi connectivity index (χ3v) is 1.42. The lowest BCUT2D eigenvalue weighted by Crippen LogP contribution is -2.23. The average molecular weight is 134 g/mol. The van der Waals surface area contributed by atoms with Gasteiger partial charge in [0.05, 0.1) is 5.84 Å². The monoisotopic (exact) mass is 134 g/mol. The molecule has 0 spiro atoms. The number of hydrogen-bond acceptors (Lipinski definition) is 2. The first kappa shape index (κ1) is 6.88. The fourth-order valence-electron chi connectivity index (χ4n) is 0.799. The van der Waals surface area contributed by atoms with Crippen LogP contribution in [0.4, 0.5) is 0 Å². The van der Waals surface area contributed by atoms with Crippen molar-refractivity contribution in [1.82, 2.24) is 5.32 Å². The van der Waals surface area contributed by atoms with E-state index in [1.165, 1.54) is 0 Å². The molecule has 0 aromatic carbocycles. The molecule has 0 radical (unpaired) electrons. The number of hydrogen-bond donors (Lipinski definition) is 1. The first-order valence-electron chi connectivity index (χ1n) is 3.18. The molecule has 0 aromatic rings. The summed E-state index contributed by atoms with van der Waals surface area (Å²) in [7, 11) is 0. The highest BCUT2D eigenvalue weighted by molar-refractivity contribution is 5.82. The normalized spacial score (nSPS) is 23.9. The Morgan fingerprint density at radius 1 is 1.70 bits per heavy atom. The van der Waals surface area contributed by atoms with Crippen molar-refractivity contribution >= 4 is 5.84 Å². The van der Waals surface area contributed by atoms with Crippen molar-refractivity contribution in [2.45, 2.75) is 19.9 Å². The fourth-order valence-corrected chi connectivity index (χ4v) is 0.799. The lowest BCUT2D eigenvalue weighted by atomic mass is 10.1. The summed E-state index contributed by atoms with van der Waals surface area (Å²) in [6.45, 7) is 3.86. The molecule has 0 amide bonds. The van der Waals surface area contributed by atoms with Gasteiger partial charge in [-0.3, -0.25) is 4.99 Å². The van der Waals surface area contributed by atoms with Crippen molar-refractivity contribution in [2.24, 2.45) is 4.99 Å². The summed E-state index contributed by atoms with van der Waals surface area (Å²) in [6, 6.07) is -0.0544. The van der Waals surface area contributed by atoms with Crippen LogP contribution in [0.15, 0.2) is 16.8 Å². The van der Waals surface area contributed by atoms with Gasteiger partial charge in [-0.15, -0.1) is 6.42 Å². The SMILES string of the molecule is C#CC1N=C(C)NC=C1C. The molecule has 1 aliphatic rings. The number of aliphatic imine (C=N–C) groups is 1. The Balaban J connectivity index is 2.81. The molecular weight excluding hydrogens is 124 g/mol. The predicted octanol–water partition coefficient (Wildman–Crippen LogP) is 0.914. The molecule has 0 fully saturated rings. The van der Waals surface area contributed by atoms with Gasteiger partial charge in [0.25, 0.3) is 0 Å². The molecule has 0 aliphatic carbocycles. The largest absolute Gasteiger partial charge is 0.351 e. The number of terminal acetylenes is 1. The van der Waals surface area contributed by atoms with Crippen LogP contribution in [0.1, 0.15) is 13.8 Å². The second kappa shape index (κ2) is 2.57. The maximum atomic E-state index is 5.23. The number of nitrogens with one attached hydrogen (secondary N) is 1. The molecule has 0 bridgehead atoms. The lowest BCUT2D eigenvalue weighted by molar-refractivity contribution is 0.914. The van der Waals surface area contributed by atoms with E-state index in [0.29, 0.717) is 0 Å². The molecule has 1 aliphatic heterocycles. The van der Waals surface area contributed by atoms with Gasteiger partial charge in [0.2, 0.25) is 0 Å². The predicted molar refractivity (Wildman–Crippen MR) is 42.6 cm³/mol. The lowest BCUT2D eigenvalue weighted by Gasteiger charge is -2.14. The minimum absolute atomic E-state index is 0.0544. The maximum Gasteiger partial charge on any atom is 0.134 e. The van der Waals surface area contributed by atoms with E-state index in [4.69, 9.17) is 6.42 Å². The maximum absolute atomic E-state index is 5.23. The minimum Gasteiger partial charge on any atom is -0.351 e. The average Bonchev–Trinajstić information content (AvgIpc) is 1.94. The van der Waals surface area contributed by atoms with Crippen LogP contribution in [-0.2, 0) is 0 Å². The van der Waals surface area contributed by atoms with Gasteiger partial charge >= 0.3 is 0 Å². The highest BCUT2D eigenvalue weighted by atomic mass is 15.0. The zero-order valence-corrected chi connectivity index (χ0v) is 6.18. The summed E-state index contributed by atoms with van der Waals surface area (Å²) in [4.78, 5) is 4.18. The summed E-state index contributed by atoms with van der Waals surface area (Å²) in [5, 5.41) is 2.99. The molecule has 1 unspecified atom stereocenters. The molecule has 10 heavy (non-hydrogen) atoms. The van der Waals surface area contributed by atoms with Crippen LogP contribution in [0.5, 0.6) is 0 Å². The van der Waals surface area contributed by atoms with E-state index in [-0.39, 0.29) is 6.04 Å². The van der Waals surface area contributed by atoms with Crippen molar-refractivity contribution in [3.8, 4) is 12.3 Å². The van der Waals surface area contributed by atoms with Crippen LogP contribution in [0.3, 0.4) is 0 Å². The summed E-state index contributed by atoms with van der Waals surface area (Å²) >= 11 is 0. The van der Waals surface area contributed by atoms with Crippen molar-refractivity contribution in [3.63, 3.8) is 0 Å². The summed E-state index contributed by atoms with van der Waals surface area (Å²) in [5.41, 5.74) is 1.09. The Labute approximate surface area is 61.0 Å². The zero-order chi connectivity index (χ0) is 7.56. The molecule has 1 atom stereocenters. The van der Waals surface area contributed by atoms with E-state index in [2.05, 4.69) is 16.2 Å². The first-order valence-corrected chi connectivity index (χ1v) is 3.18. The van der Waals surface area contributed by atoms with Crippen LogP contribution in [0.2, 0.25) is 0 Å². The second-order valence-electron chi connectivity index (χ2n) is 2.32. The van der Waals surface area contributed by atoms with Gasteiger partial charge in [-0.05, 0) is 19.4 Å². The Morgan fingerprint density at radius 3 is 2.90 bits per heavy atom.